The van der Waals surface area contributed by atoms with Gasteiger partial charge in [0.05, 0.1) is 33.1 Å². The highest BCUT2D eigenvalue weighted by Gasteiger charge is 2.22. The maximum atomic E-state index is 13.4. The van der Waals surface area contributed by atoms with E-state index in [1.165, 1.54) is 3.97 Å². The van der Waals surface area contributed by atoms with Gasteiger partial charge in [0.15, 0.2) is 0 Å². The Hall–Kier alpha value is -3.89. The van der Waals surface area contributed by atoms with Crippen LogP contribution in [0.3, 0.4) is 0 Å². The Morgan fingerprint density at radius 3 is 2.48 bits per heavy atom. The number of hydrogen-bond donors (Lipinski definition) is 1. The summed E-state index contributed by atoms with van der Waals surface area (Å²) in [6.45, 7) is 5.90. The topological polar surface area (TPSA) is 91.5 Å². The summed E-state index contributed by atoms with van der Waals surface area (Å²) in [6, 6.07) is 18.3. The predicted molar refractivity (Wildman–Crippen MR) is 129 cm³/mol. The van der Waals surface area contributed by atoms with E-state index in [9.17, 15) is 8.42 Å². The molecular weight excluding hydrogens is 432 g/mol. The number of fused-ring (bicyclic) bond motifs is 2. The molecule has 5 aromatic rings. The number of nitrogens with zero attached hydrogens (tertiary/aromatic N) is 3. The van der Waals surface area contributed by atoms with Gasteiger partial charge in [-0.2, -0.15) is 5.26 Å². The molecule has 1 N–H and O–H groups in total. The fourth-order valence-corrected chi connectivity index (χ4v) is 5.79. The molecule has 7 heteroatoms. The molecule has 0 atom stereocenters. The van der Waals surface area contributed by atoms with E-state index in [0.29, 0.717) is 17.5 Å². The highest BCUT2D eigenvalue weighted by atomic mass is 32.2. The van der Waals surface area contributed by atoms with E-state index in [1.807, 2.05) is 39.0 Å². The molecule has 0 fully saturated rings. The van der Waals surface area contributed by atoms with Gasteiger partial charge in [-0.25, -0.2) is 17.4 Å². The lowest BCUT2D eigenvalue weighted by Gasteiger charge is -2.13. The van der Waals surface area contributed by atoms with Gasteiger partial charge < -0.3 is 4.98 Å². The molecule has 0 spiro atoms. The lowest BCUT2D eigenvalue weighted by molar-refractivity contribution is 0.589. The Morgan fingerprint density at radius 1 is 1.00 bits per heavy atom. The first-order valence-corrected chi connectivity index (χ1v) is 12.0. The standard InChI is InChI=1S/C26H22N4O2S/c1-16-4-7-20(8-5-16)33(31,32)30-11-10-21-22(17(2)12-18(3)26(21)30)14-25-28-23-9-6-19(15-27)13-24(23)29-25/h4-13H,14H2,1-3H3,(H,28,29). The van der Waals surface area contributed by atoms with Gasteiger partial charge in [0.25, 0.3) is 10.0 Å². The van der Waals surface area contributed by atoms with Crippen molar-refractivity contribution in [2.75, 3.05) is 0 Å². The Bertz CT molecular complexity index is 1680. The first-order valence-electron chi connectivity index (χ1n) is 10.6. The summed E-state index contributed by atoms with van der Waals surface area (Å²) in [5, 5.41) is 10.0. The van der Waals surface area contributed by atoms with Crippen LogP contribution in [0.4, 0.5) is 0 Å². The molecule has 3 aromatic carbocycles. The molecule has 6 nitrogen and oxygen atoms in total. The molecule has 2 aromatic heterocycles. The Kier molecular flexibility index (Phi) is 4.84. The van der Waals surface area contributed by atoms with Gasteiger partial charge in [-0.05, 0) is 73.9 Å². The van der Waals surface area contributed by atoms with Crippen molar-refractivity contribution < 1.29 is 8.42 Å². The SMILES string of the molecule is Cc1ccc(S(=O)(=O)n2ccc3c(Cc4nc5cc(C#N)ccc5[nH]4)c(C)cc(C)c32)cc1. The van der Waals surface area contributed by atoms with Crippen LogP contribution in [0.15, 0.2) is 65.7 Å². The largest absolute Gasteiger partial charge is 0.342 e. The van der Waals surface area contributed by atoms with Crippen LogP contribution in [0.25, 0.3) is 21.9 Å². The maximum Gasteiger partial charge on any atom is 0.268 e. The molecule has 0 saturated heterocycles. The van der Waals surface area contributed by atoms with Crippen LogP contribution in [0.5, 0.6) is 0 Å². The second-order valence-electron chi connectivity index (χ2n) is 8.38. The number of H-pyrrole nitrogens is 1. The monoisotopic (exact) mass is 454 g/mol. The highest BCUT2D eigenvalue weighted by molar-refractivity contribution is 7.90. The molecular formula is C26H22N4O2S. The van der Waals surface area contributed by atoms with Gasteiger partial charge in [0.1, 0.15) is 5.82 Å². The average molecular weight is 455 g/mol. The molecule has 5 rings (SSSR count). The minimum Gasteiger partial charge on any atom is -0.342 e. The average Bonchev–Trinajstić information content (AvgIpc) is 3.41. The summed E-state index contributed by atoms with van der Waals surface area (Å²) in [7, 11) is -3.73. The number of nitrogens with one attached hydrogen (secondary N) is 1. The first-order chi connectivity index (χ1) is 15.8. The summed E-state index contributed by atoms with van der Waals surface area (Å²) in [6.07, 6.45) is 2.15. The quantitative estimate of drug-likeness (QED) is 0.407. The summed E-state index contributed by atoms with van der Waals surface area (Å²) in [4.78, 5) is 8.25. The van der Waals surface area contributed by atoms with E-state index in [2.05, 4.69) is 16.0 Å². The number of benzene rings is 3. The Labute approximate surface area is 192 Å². The third-order valence-electron chi connectivity index (χ3n) is 6.04. The van der Waals surface area contributed by atoms with Crippen LogP contribution >= 0.6 is 0 Å². The molecule has 0 radical (unpaired) electrons. The van der Waals surface area contributed by atoms with Crippen molar-refractivity contribution in [1.82, 2.24) is 13.9 Å². The second-order valence-corrected chi connectivity index (χ2v) is 10.2. The van der Waals surface area contributed by atoms with E-state index in [1.54, 1.807) is 42.6 Å². The zero-order valence-electron chi connectivity index (χ0n) is 18.5. The molecule has 0 saturated carbocycles. The van der Waals surface area contributed by atoms with Crippen molar-refractivity contribution in [2.45, 2.75) is 32.1 Å². The normalized spacial score (nSPS) is 11.8. The summed E-state index contributed by atoms with van der Waals surface area (Å²) in [5.74, 6) is 0.766. The lowest BCUT2D eigenvalue weighted by Crippen LogP contribution is -2.12. The van der Waals surface area contributed by atoms with Crippen molar-refractivity contribution in [1.29, 1.82) is 5.26 Å². The zero-order chi connectivity index (χ0) is 23.3. The number of aromatic amines is 1. The lowest BCUT2D eigenvalue weighted by atomic mass is 9.98. The van der Waals surface area contributed by atoms with Gasteiger partial charge in [0, 0.05) is 18.0 Å². The molecule has 0 aliphatic carbocycles. The molecule has 0 aliphatic rings. The molecule has 33 heavy (non-hydrogen) atoms. The molecule has 2 heterocycles. The smallest absolute Gasteiger partial charge is 0.268 e. The third-order valence-corrected chi connectivity index (χ3v) is 7.73. The Morgan fingerprint density at radius 2 is 1.76 bits per heavy atom. The number of aromatic nitrogens is 3. The fourth-order valence-electron chi connectivity index (χ4n) is 4.37. The fraction of sp³-hybridized carbons (Fsp3) is 0.154. The van der Waals surface area contributed by atoms with Crippen molar-refractivity contribution in [2.24, 2.45) is 0 Å². The van der Waals surface area contributed by atoms with E-state index in [0.717, 1.165) is 44.5 Å². The van der Waals surface area contributed by atoms with Gasteiger partial charge in [-0.1, -0.05) is 23.8 Å². The van der Waals surface area contributed by atoms with E-state index in [-0.39, 0.29) is 4.90 Å². The summed E-state index contributed by atoms with van der Waals surface area (Å²) < 4.78 is 28.2. The van der Waals surface area contributed by atoms with Crippen molar-refractivity contribution in [3.8, 4) is 6.07 Å². The van der Waals surface area contributed by atoms with Gasteiger partial charge >= 0.3 is 0 Å². The van der Waals surface area contributed by atoms with Crippen LogP contribution in [0.2, 0.25) is 0 Å². The maximum absolute atomic E-state index is 13.4. The van der Waals surface area contributed by atoms with Crippen molar-refractivity contribution in [3.63, 3.8) is 0 Å². The molecule has 0 unspecified atom stereocenters. The molecule has 0 amide bonds. The summed E-state index contributed by atoms with van der Waals surface area (Å²) >= 11 is 0. The van der Waals surface area contributed by atoms with Gasteiger partial charge in [-0.3, -0.25) is 0 Å². The predicted octanol–water partition coefficient (Wildman–Crippen LogP) is 5.14. The van der Waals surface area contributed by atoms with Gasteiger partial charge in [-0.15, -0.1) is 0 Å². The number of aryl methyl sites for hydroxylation is 3. The van der Waals surface area contributed by atoms with Crippen molar-refractivity contribution in [3.05, 3.63) is 94.4 Å². The van der Waals surface area contributed by atoms with Crippen LogP contribution in [-0.4, -0.2) is 22.4 Å². The van der Waals surface area contributed by atoms with E-state index < -0.39 is 10.0 Å². The van der Waals surface area contributed by atoms with Gasteiger partial charge in [0.2, 0.25) is 0 Å². The van der Waals surface area contributed by atoms with E-state index >= 15 is 0 Å². The molecule has 0 aliphatic heterocycles. The van der Waals surface area contributed by atoms with Crippen LogP contribution in [0, 0.1) is 32.1 Å². The highest BCUT2D eigenvalue weighted by Crippen LogP contribution is 2.31. The van der Waals surface area contributed by atoms with Crippen LogP contribution in [0.1, 0.15) is 33.6 Å². The third kappa shape index (κ3) is 3.49. The summed E-state index contributed by atoms with van der Waals surface area (Å²) in [5.41, 5.74) is 6.85. The van der Waals surface area contributed by atoms with Crippen LogP contribution < -0.4 is 0 Å². The number of rotatable bonds is 4. The molecule has 0 bridgehead atoms. The van der Waals surface area contributed by atoms with E-state index in [4.69, 9.17) is 5.26 Å². The molecule has 164 valence electrons. The second kappa shape index (κ2) is 7.61. The first kappa shape index (κ1) is 21.0. The zero-order valence-corrected chi connectivity index (χ0v) is 19.4. The minimum absolute atomic E-state index is 0.262. The number of imidazole rings is 1. The minimum atomic E-state index is -3.73. The van der Waals surface area contributed by atoms with Crippen LogP contribution in [-0.2, 0) is 16.4 Å². The van der Waals surface area contributed by atoms with Crippen molar-refractivity contribution >= 4 is 32.0 Å². The number of hydrogen-bond acceptors (Lipinski definition) is 4. The Balaban J connectivity index is 1.63. The number of nitriles is 1.